The molecule has 0 aliphatic heterocycles. The Labute approximate surface area is 77.7 Å². The second-order valence-corrected chi connectivity index (χ2v) is 2.82. The first-order valence-electron chi connectivity index (χ1n) is 4.70. The van der Waals surface area contributed by atoms with Gasteiger partial charge in [0.15, 0.2) is 0 Å². The molecule has 1 fully saturated rings. The molecule has 1 rings (SSSR count). The Morgan fingerprint density at radius 3 is 2.15 bits per heavy atom. The summed E-state index contributed by atoms with van der Waals surface area (Å²) in [6.07, 6.45) is -1.85. The van der Waals surface area contributed by atoms with E-state index in [0.717, 1.165) is 0 Å². The van der Waals surface area contributed by atoms with Crippen molar-refractivity contribution in [3.8, 4) is 0 Å². The summed E-state index contributed by atoms with van der Waals surface area (Å²) in [5.41, 5.74) is -1.32. The topological polar surface area (TPSA) is 29.1 Å². The van der Waals surface area contributed by atoms with E-state index in [4.69, 9.17) is 0 Å². The quantitative estimate of drug-likeness (QED) is 0.731. The Kier molecular flexibility index (Phi) is 4.88. The van der Waals surface area contributed by atoms with E-state index in [0.29, 0.717) is 19.4 Å². The maximum absolute atomic E-state index is 12.2. The molecule has 0 heterocycles. The van der Waals surface area contributed by atoms with Gasteiger partial charge in [-0.25, -0.2) is 8.78 Å². The van der Waals surface area contributed by atoms with Crippen LogP contribution in [0.2, 0.25) is 0 Å². The summed E-state index contributed by atoms with van der Waals surface area (Å²) in [6.45, 7) is 6.15. The smallest absolute Gasteiger partial charge is 0.252 e. The molecule has 0 bridgehead atoms. The first-order valence-corrected chi connectivity index (χ1v) is 4.70. The molecule has 1 aliphatic carbocycles. The highest BCUT2D eigenvalue weighted by molar-refractivity contribution is 5.85. The number of carbonyl (C=O) groups is 1. The number of hydrogen-bond donors (Lipinski definition) is 1. The molecule has 13 heavy (non-hydrogen) atoms. The summed E-state index contributed by atoms with van der Waals surface area (Å²) < 4.78 is 24.4. The molecule has 0 radical (unpaired) electrons. The van der Waals surface area contributed by atoms with E-state index >= 15 is 0 Å². The van der Waals surface area contributed by atoms with Crippen LogP contribution in [0.5, 0.6) is 0 Å². The van der Waals surface area contributed by atoms with Crippen molar-refractivity contribution >= 4 is 5.91 Å². The van der Waals surface area contributed by atoms with E-state index in [1.807, 2.05) is 13.8 Å². The van der Waals surface area contributed by atoms with Crippen molar-refractivity contribution in [1.82, 2.24) is 5.32 Å². The number of nitrogens with one attached hydrogen (secondary N) is 1. The monoisotopic (exact) mass is 193 g/mol. The molecule has 1 aliphatic rings. The number of rotatable bonds is 3. The predicted molar refractivity (Wildman–Crippen MR) is 47.7 cm³/mol. The summed E-state index contributed by atoms with van der Waals surface area (Å²) in [5.74, 6) is -0.491. The summed E-state index contributed by atoms with van der Waals surface area (Å²) in [6, 6.07) is 0. The summed E-state index contributed by atoms with van der Waals surface area (Å²) in [5, 5.41) is 2.41. The standard InChI is InChI=1S/C7H11F2NO.C2H6/c1-2-10-6(11)7(3-4-7)5(8)9;1-2/h5H,2-4H2,1H3,(H,10,11);1-2H3. The van der Waals surface area contributed by atoms with Gasteiger partial charge in [-0.2, -0.15) is 0 Å². The lowest BCUT2D eigenvalue weighted by Crippen LogP contribution is -2.35. The molecule has 4 heteroatoms. The Morgan fingerprint density at radius 1 is 1.46 bits per heavy atom. The Balaban J connectivity index is 0.000000671. The highest BCUT2D eigenvalue weighted by Crippen LogP contribution is 2.50. The van der Waals surface area contributed by atoms with Gasteiger partial charge in [0.1, 0.15) is 5.41 Å². The minimum Gasteiger partial charge on any atom is -0.356 e. The second-order valence-electron chi connectivity index (χ2n) is 2.82. The van der Waals surface area contributed by atoms with Crippen LogP contribution in [0, 0.1) is 5.41 Å². The lowest BCUT2D eigenvalue weighted by atomic mass is 10.1. The third-order valence-corrected chi connectivity index (χ3v) is 2.00. The van der Waals surface area contributed by atoms with Crippen LogP contribution in [0.3, 0.4) is 0 Å². The van der Waals surface area contributed by atoms with E-state index in [-0.39, 0.29) is 0 Å². The van der Waals surface area contributed by atoms with Gasteiger partial charge in [-0.15, -0.1) is 0 Å². The average molecular weight is 193 g/mol. The van der Waals surface area contributed by atoms with E-state index in [1.54, 1.807) is 6.92 Å². The van der Waals surface area contributed by atoms with Gasteiger partial charge >= 0.3 is 0 Å². The zero-order chi connectivity index (χ0) is 10.5. The first kappa shape index (κ1) is 12.3. The highest BCUT2D eigenvalue weighted by Gasteiger charge is 2.57. The van der Waals surface area contributed by atoms with E-state index in [9.17, 15) is 13.6 Å². The third-order valence-electron chi connectivity index (χ3n) is 2.00. The highest BCUT2D eigenvalue weighted by atomic mass is 19.3. The largest absolute Gasteiger partial charge is 0.356 e. The fourth-order valence-corrected chi connectivity index (χ4v) is 1.02. The van der Waals surface area contributed by atoms with E-state index in [1.165, 1.54) is 0 Å². The zero-order valence-corrected chi connectivity index (χ0v) is 8.36. The molecular weight excluding hydrogens is 176 g/mol. The van der Waals surface area contributed by atoms with Crippen molar-refractivity contribution in [2.24, 2.45) is 5.41 Å². The van der Waals surface area contributed by atoms with Crippen molar-refractivity contribution in [2.45, 2.75) is 40.0 Å². The lowest BCUT2D eigenvalue weighted by molar-refractivity contribution is -0.131. The fraction of sp³-hybridized carbons (Fsp3) is 0.889. The molecule has 0 spiro atoms. The van der Waals surface area contributed by atoms with Gasteiger partial charge in [0.05, 0.1) is 0 Å². The van der Waals surface area contributed by atoms with E-state index < -0.39 is 17.7 Å². The van der Waals surface area contributed by atoms with Gasteiger partial charge < -0.3 is 5.32 Å². The van der Waals surface area contributed by atoms with Crippen molar-refractivity contribution < 1.29 is 13.6 Å². The van der Waals surface area contributed by atoms with Crippen LogP contribution in [-0.4, -0.2) is 18.9 Å². The van der Waals surface area contributed by atoms with Gasteiger partial charge in [0, 0.05) is 6.54 Å². The number of amides is 1. The van der Waals surface area contributed by atoms with Crippen LogP contribution in [0.1, 0.15) is 33.6 Å². The maximum atomic E-state index is 12.2. The SMILES string of the molecule is CC.CCNC(=O)C1(C(F)F)CC1. The minimum absolute atomic E-state index is 0.330. The summed E-state index contributed by atoms with van der Waals surface area (Å²) in [7, 11) is 0. The molecule has 0 aromatic carbocycles. The Bertz CT molecular complexity index is 167. The molecule has 2 nitrogen and oxygen atoms in total. The average Bonchev–Trinajstić information content (AvgIpc) is 2.88. The van der Waals surface area contributed by atoms with Gasteiger partial charge in [0.25, 0.3) is 6.43 Å². The van der Waals surface area contributed by atoms with Crippen LogP contribution in [0.4, 0.5) is 8.78 Å². The van der Waals surface area contributed by atoms with Gasteiger partial charge in [0.2, 0.25) is 5.91 Å². The van der Waals surface area contributed by atoms with Crippen LogP contribution >= 0.6 is 0 Å². The molecule has 0 atom stereocenters. The number of alkyl halides is 2. The zero-order valence-electron chi connectivity index (χ0n) is 8.36. The molecular formula is C9H17F2NO. The van der Waals surface area contributed by atoms with Crippen LogP contribution in [0.25, 0.3) is 0 Å². The van der Waals surface area contributed by atoms with E-state index in [2.05, 4.69) is 5.32 Å². The first-order chi connectivity index (χ1) is 6.13. The van der Waals surface area contributed by atoms with Crippen LogP contribution in [0.15, 0.2) is 0 Å². The number of carbonyl (C=O) groups excluding carboxylic acids is 1. The second kappa shape index (κ2) is 5.14. The minimum atomic E-state index is -2.51. The number of hydrogen-bond acceptors (Lipinski definition) is 1. The molecule has 1 saturated carbocycles. The maximum Gasteiger partial charge on any atom is 0.252 e. The molecule has 0 aromatic heterocycles. The third kappa shape index (κ3) is 2.64. The van der Waals surface area contributed by atoms with Crippen molar-refractivity contribution in [3.05, 3.63) is 0 Å². The Hall–Kier alpha value is -0.670. The van der Waals surface area contributed by atoms with Gasteiger partial charge in [-0.3, -0.25) is 4.79 Å². The molecule has 1 N–H and O–H groups in total. The molecule has 0 saturated heterocycles. The molecule has 78 valence electrons. The van der Waals surface area contributed by atoms with Gasteiger partial charge in [-0.1, -0.05) is 13.8 Å². The van der Waals surface area contributed by atoms with Crippen LogP contribution in [-0.2, 0) is 4.79 Å². The fourth-order valence-electron chi connectivity index (χ4n) is 1.02. The normalized spacial score (nSPS) is 17.4. The van der Waals surface area contributed by atoms with Crippen molar-refractivity contribution in [2.75, 3.05) is 6.54 Å². The van der Waals surface area contributed by atoms with Crippen LogP contribution < -0.4 is 5.32 Å². The van der Waals surface area contributed by atoms with Gasteiger partial charge in [-0.05, 0) is 19.8 Å². The molecule has 0 unspecified atom stereocenters. The van der Waals surface area contributed by atoms with Crippen molar-refractivity contribution in [1.29, 1.82) is 0 Å². The molecule has 0 aromatic rings. The predicted octanol–water partition coefficient (Wildman–Crippen LogP) is 2.19. The lowest BCUT2D eigenvalue weighted by Gasteiger charge is -2.12. The Morgan fingerprint density at radius 2 is 1.92 bits per heavy atom. The number of halogens is 2. The summed E-state index contributed by atoms with van der Waals surface area (Å²) >= 11 is 0. The molecule has 1 amide bonds. The summed E-state index contributed by atoms with van der Waals surface area (Å²) in [4.78, 5) is 11.0. The van der Waals surface area contributed by atoms with Crippen molar-refractivity contribution in [3.63, 3.8) is 0 Å².